The number of nitrogens with zero attached hydrogens (tertiary/aromatic N) is 1. The van der Waals surface area contributed by atoms with Crippen LogP contribution in [0.5, 0.6) is 5.75 Å². The van der Waals surface area contributed by atoms with Crippen LogP contribution in [0.2, 0.25) is 0 Å². The van der Waals surface area contributed by atoms with Crippen LogP contribution in [0, 0.1) is 13.8 Å². The number of hydrogen-bond acceptors (Lipinski definition) is 3. The molecule has 0 bridgehead atoms. The van der Waals surface area contributed by atoms with E-state index in [4.69, 9.17) is 4.74 Å². The van der Waals surface area contributed by atoms with Crippen LogP contribution in [-0.4, -0.2) is 11.5 Å². The third kappa shape index (κ3) is 3.47. The molecule has 0 spiro atoms. The van der Waals surface area contributed by atoms with E-state index in [0.717, 1.165) is 29.2 Å². The van der Waals surface area contributed by atoms with Gasteiger partial charge in [-0.25, -0.2) is 4.98 Å². The first-order chi connectivity index (χ1) is 9.20. The Morgan fingerprint density at radius 2 is 2.05 bits per heavy atom. The van der Waals surface area contributed by atoms with Gasteiger partial charge in [-0.3, -0.25) is 0 Å². The number of hydrogen-bond donors (Lipinski definition) is 1. The molecule has 0 saturated carbocycles. The van der Waals surface area contributed by atoms with Crippen LogP contribution < -0.4 is 10.1 Å². The summed E-state index contributed by atoms with van der Waals surface area (Å²) in [6, 6.07) is 10.2. The molecule has 19 heavy (non-hydrogen) atoms. The Hall–Kier alpha value is -2.03. The standard InChI is InChI=1S/C16H20N2O/c1-4-17-16-14(6-5-9-18-16)11-19-15-10-12(2)7-8-13(15)3/h5-10H,4,11H2,1-3H3,(H,17,18). The molecule has 3 nitrogen and oxygen atoms in total. The highest BCUT2D eigenvalue weighted by Crippen LogP contribution is 2.21. The number of pyridine rings is 1. The van der Waals surface area contributed by atoms with E-state index in [1.165, 1.54) is 5.56 Å². The van der Waals surface area contributed by atoms with E-state index >= 15 is 0 Å². The van der Waals surface area contributed by atoms with Gasteiger partial charge in [-0.05, 0) is 44.0 Å². The molecule has 0 aliphatic rings. The van der Waals surface area contributed by atoms with Crippen molar-refractivity contribution in [1.82, 2.24) is 4.98 Å². The molecule has 100 valence electrons. The monoisotopic (exact) mass is 256 g/mol. The van der Waals surface area contributed by atoms with E-state index in [1.807, 2.05) is 12.1 Å². The van der Waals surface area contributed by atoms with Gasteiger partial charge in [0.2, 0.25) is 0 Å². The third-order valence-corrected chi connectivity index (χ3v) is 2.96. The molecule has 0 aliphatic heterocycles. The summed E-state index contributed by atoms with van der Waals surface area (Å²) in [6.45, 7) is 7.57. The van der Waals surface area contributed by atoms with Crippen molar-refractivity contribution in [2.45, 2.75) is 27.4 Å². The molecular formula is C16H20N2O. The highest BCUT2D eigenvalue weighted by atomic mass is 16.5. The molecular weight excluding hydrogens is 236 g/mol. The van der Waals surface area contributed by atoms with Crippen molar-refractivity contribution in [3.63, 3.8) is 0 Å². The predicted octanol–water partition coefficient (Wildman–Crippen LogP) is 3.71. The smallest absolute Gasteiger partial charge is 0.132 e. The van der Waals surface area contributed by atoms with Crippen LogP contribution in [-0.2, 0) is 6.61 Å². The molecule has 1 heterocycles. The Labute approximate surface area is 114 Å². The van der Waals surface area contributed by atoms with Gasteiger partial charge >= 0.3 is 0 Å². The van der Waals surface area contributed by atoms with Gasteiger partial charge in [0.05, 0.1) is 0 Å². The average Bonchev–Trinajstić information content (AvgIpc) is 2.42. The van der Waals surface area contributed by atoms with Crippen molar-refractivity contribution in [3.05, 3.63) is 53.2 Å². The number of ether oxygens (including phenoxy) is 1. The van der Waals surface area contributed by atoms with Gasteiger partial charge in [0.25, 0.3) is 0 Å². The molecule has 0 unspecified atom stereocenters. The highest BCUT2D eigenvalue weighted by Gasteiger charge is 2.05. The zero-order chi connectivity index (χ0) is 13.7. The van der Waals surface area contributed by atoms with Crippen molar-refractivity contribution >= 4 is 5.82 Å². The summed E-state index contributed by atoms with van der Waals surface area (Å²) in [7, 11) is 0. The minimum Gasteiger partial charge on any atom is -0.488 e. The molecule has 2 rings (SSSR count). The second-order valence-corrected chi connectivity index (χ2v) is 4.60. The van der Waals surface area contributed by atoms with Gasteiger partial charge in [0.15, 0.2) is 0 Å². The Morgan fingerprint density at radius 1 is 1.21 bits per heavy atom. The Kier molecular flexibility index (Phi) is 4.39. The number of aryl methyl sites for hydroxylation is 2. The molecule has 3 heteroatoms. The zero-order valence-electron chi connectivity index (χ0n) is 11.7. The molecule has 0 fully saturated rings. The van der Waals surface area contributed by atoms with Crippen LogP contribution in [0.15, 0.2) is 36.5 Å². The largest absolute Gasteiger partial charge is 0.488 e. The molecule has 0 saturated heterocycles. The quantitative estimate of drug-likeness (QED) is 0.885. The summed E-state index contributed by atoms with van der Waals surface area (Å²) < 4.78 is 5.91. The van der Waals surface area contributed by atoms with E-state index in [1.54, 1.807) is 6.20 Å². The van der Waals surface area contributed by atoms with Crippen molar-refractivity contribution < 1.29 is 4.74 Å². The highest BCUT2D eigenvalue weighted by molar-refractivity contribution is 5.44. The topological polar surface area (TPSA) is 34.2 Å². The summed E-state index contributed by atoms with van der Waals surface area (Å²) >= 11 is 0. The van der Waals surface area contributed by atoms with Crippen LogP contribution >= 0.6 is 0 Å². The summed E-state index contributed by atoms with van der Waals surface area (Å²) in [6.07, 6.45) is 1.79. The van der Waals surface area contributed by atoms with Gasteiger partial charge in [-0.1, -0.05) is 18.2 Å². The van der Waals surface area contributed by atoms with Gasteiger partial charge in [0.1, 0.15) is 18.2 Å². The molecule has 1 aromatic heterocycles. The maximum atomic E-state index is 5.91. The van der Waals surface area contributed by atoms with Gasteiger partial charge in [-0.15, -0.1) is 0 Å². The molecule has 0 atom stereocenters. The van der Waals surface area contributed by atoms with Gasteiger partial charge in [-0.2, -0.15) is 0 Å². The van der Waals surface area contributed by atoms with Crippen LogP contribution in [0.4, 0.5) is 5.82 Å². The van der Waals surface area contributed by atoms with Crippen molar-refractivity contribution in [2.75, 3.05) is 11.9 Å². The first kappa shape index (κ1) is 13.4. The second-order valence-electron chi connectivity index (χ2n) is 4.60. The normalized spacial score (nSPS) is 10.3. The first-order valence-corrected chi connectivity index (χ1v) is 6.58. The first-order valence-electron chi connectivity index (χ1n) is 6.58. The lowest BCUT2D eigenvalue weighted by molar-refractivity contribution is 0.304. The Balaban J connectivity index is 2.12. The van der Waals surface area contributed by atoms with E-state index < -0.39 is 0 Å². The van der Waals surface area contributed by atoms with Gasteiger partial charge in [0, 0.05) is 18.3 Å². The Bertz CT molecular complexity index is 552. The fourth-order valence-corrected chi connectivity index (χ4v) is 1.90. The molecule has 1 aromatic carbocycles. The summed E-state index contributed by atoms with van der Waals surface area (Å²) in [4.78, 5) is 4.33. The number of aromatic nitrogens is 1. The van der Waals surface area contributed by atoms with E-state index in [2.05, 4.69) is 49.3 Å². The molecule has 1 N–H and O–H groups in total. The van der Waals surface area contributed by atoms with Crippen molar-refractivity contribution in [3.8, 4) is 5.75 Å². The van der Waals surface area contributed by atoms with E-state index in [9.17, 15) is 0 Å². The fraction of sp³-hybridized carbons (Fsp3) is 0.312. The van der Waals surface area contributed by atoms with Crippen molar-refractivity contribution in [1.29, 1.82) is 0 Å². The third-order valence-electron chi connectivity index (χ3n) is 2.96. The average molecular weight is 256 g/mol. The fourth-order valence-electron chi connectivity index (χ4n) is 1.90. The maximum absolute atomic E-state index is 5.91. The minimum absolute atomic E-state index is 0.528. The Morgan fingerprint density at radius 3 is 2.84 bits per heavy atom. The van der Waals surface area contributed by atoms with Crippen LogP contribution in [0.1, 0.15) is 23.6 Å². The van der Waals surface area contributed by atoms with Crippen LogP contribution in [0.3, 0.4) is 0 Å². The van der Waals surface area contributed by atoms with Crippen molar-refractivity contribution in [2.24, 2.45) is 0 Å². The number of anilines is 1. The lowest BCUT2D eigenvalue weighted by Gasteiger charge is -2.12. The number of rotatable bonds is 5. The molecule has 0 aliphatic carbocycles. The zero-order valence-corrected chi connectivity index (χ0v) is 11.7. The summed E-state index contributed by atoms with van der Waals surface area (Å²) in [5.74, 6) is 1.83. The lowest BCUT2D eigenvalue weighted by Crippen LogP contribution is -2.06. The van der Waals surface area contributed by atoms with E-state index in [0.29, 0.717) is 6.61 Å². The molecule has 0 amide bonds. The van der Waals surface area contributed by atoms with E-state index in [-0.39, 0.29) is 0 Å². The lowest BCUT2D eigenvalue weighted by atomic mass is 10.1. The molecule has 0 radical (unpaired) electrons. The molecule has 2 aromatic rings. The SMILES string of the molecule is CCNc1ncccc1COc1cc(C)ccc1C. The number of benzene rings is 1. The predicted molar refractivity (Wildman–Crippen MR) is 78.6 cm³/mol. The summed E-state index contributed by atoms with van der Waals surface area (Å²) in [5, 5.41) is 3.25. The van der Waals surface area contributed by atoms with Gasteiger partial charge < -0.3 is 10.1 Å². The second kappa shape index (κ2) is 6.23. The number of nitrogens with one attached hydrogen (secondary N) is 1. The maximum Gasteiger partial charge on any atom is 0.132 e. The minimum atomic E-state index is 0.528. The summed E-state index contributed by atoms with van der Waals surface area (Å²) in [5.41, 5.74) is 3.43. The van der Waals surface area contributed by atoms with Crippen LogP contribution in [0.25, 0.3) is 0 Å².